The molecule has 5 heteroatoms. The van der Waals surface area contributed by atoms with E-state index >= 15 is 0 Å². The van der Waals surface area contributed by atoms with Crippen molar-refractivity contribution in [2.45, 2.75) is 6.92 Å². The minimum Gasteiger partial charge on any atom is -0.482 e. The lowest BCUT2D eigenvalue weighted by atomic mass is 10.0. The molecule has 0 saturated carbocycles. The molecule has 2 rings (SSSR count). The van der Waals surface area contributed by atoms with Crippen molar-refractivity contribution in [3.05, 3.63) is 28.2 Å². The fourth-order valence-corrected chi connectivity index (χ4v) is 2.19. The maximum absolute atomic E-state index is 11.7. The maximum atomic E-state index is 11.7. The van der Waals surface area contributed by atoms with E-state index in [0.29, 0.717) is 21.7 Å². The van der Waals surface area contributed by atoms with E-state index in [1.807, 2.05) is 0 Å². The van der Waals surface area contributed by atoms with E-state index < -0.39 is 0 Å². The molecular weight excluding hydrogens is 261 g/mol. The fraction of sp³-hybridized carbons (Fsp3) is 0.417. The number of hydrogen-bond acceptors (Lipinski definition) is 2. The summed E-state index contributed by atoms with van der Waals surface area (Å²) < 4.78 is 5.36. The number of nitrogens with zero attached hydrogens (tertiary/aromatic N) is 1. The molecule has 1 aliphatic rings. The third-order valence-electron chi connectivity index (χ3n) is 2.66. The highest BCUT2D eigenvalue weighted by Crippen LogP contribution is 2.27. The first kappa shape index (κ1) is 12.5. The molecular formula is C12H13Cl2NO2. The Balaban J connectivity index is 1.87. The van der Waals surface area contributed by atoms with Crippen LogP contribution in [0.4, 0.5) is 0 Å². The van der Waals surface area contributed by atoms with Gasteiger partial charge in [-0.1, -0.05) is 30.1 Å². The van der Waals surface area contributed by atoms with Gasteiger partial charge in [-0.2, -0.15) is 0 Å². The van der Waals surface area contributed by atoms with Crippen molar-refractivity contribution in [1.29, 1.82) is 0 Å². The van der Waals surface area contributed by atoms with Crippen LogP contribution in [-0.4, -0.2) is 30.5 Å². The van der Waals surface area contributed by atoms with E-state index in [0.717, 1.165) is 13.1 Å². The van der Waals surface area contributed by atoms with Gasteiger partial charge in [0.15, 0.2) is 6.61 Å². The molecule has 17 heavy (non-hydrogen) atoms. The standard InChI is InChI=1S/C12H13Cl2NO2/c1-8-5-15(6-8)12(16)7-17-11-3-2-9(13)4-10(11)14/h2-4,8H,5-7H2,1H3. The first-order valence-corrected chi connectivity index (χ1v) is 6.17. The van der Waals surface area contributed by atoms with Crippen molar-refractivity contribution in [2.75, 3.05) is 19.7 Å². The van der Waals surface area contributed by atoms with Crippen LogP contribution in [0.25, 0.3) is 0 Å². The third-order valence-corrected chi connectivity index (χ3v) is 3.19. The van der Waals surface area contributed by atoms with Gasteiger partial charge in [0.05, 0.1) is 5.02 Å². The Morgan fingerprint density at radius 3 is 2.76 bits per heavy atom. The van der Waals surface area contributed by atoms with Gasteiger partial charge in [0, 0.05) is 18.1 Å². The molecule has 1 fully saturated rings. The summed E-state index contributed by atoms with van der Waals surface area (Å²) in [6.07, 6.45) is 0. The van der Waals surface area contributed by atoms with Gasteiger partial charge in [-0.3, -0.25) is 4.79 Å². The lowest BCUT2D eigenvalue weighted by Crippen LogP contribution is -2.50. The van der Waals surface area contributed by atoms with Gasteiger partial charge >= 0.3 is 0 Å². The van der Waals surface area contributed by atoms with Crippen LogP contribution >= 0.6 is 23.2 Å². The molecule has 1 amide bonds. The normalized spacial score (nSPS) is 15.6. The molecule has 0 unspecified atom stereocenters. The Kier molecular flexibility index (Phi) is 3.79. The molecule has 0 aromatic heterocycles. The quantitative estimate of drug-likeness (QED) is 0.848. The summed E-state index contributed by atoms with van der Waals surface area (Å²) in [4.78, 5) is 13.4. The smallest absolute Gasteiger partial charge is 0.260 e. The average molecular weight is 274 g/mol. The molecule has 1 heterocycles. The summed E-state index contributed by atoms with van der Waals surface area (Å²) in [5.74, 6) is 1.07. The lowest BCUT2D eigenvalue weighted by molar-refractivity contribution is -0.139. The maximum Gasteiger partial charge on any atom is 0.260 e. The Labute approximate surface area is 110 Å². The van der Waals surface area contributed by atoms with Crippen LogP contribution < -0.4 is 4.74 Å². The van der Waals surface area contributed by atoms with E-state index in [1.165, 1.54) is 0 Å². The summed E-state index contributed by atoms with van der Waals surface area (Å²) >= 11 is 11.7. The number of likely N-dealkylation sites (tertiary alicyclic amines) is 1. The minimum atomic E-state index is -0.00545. The van der Waals surface area contributed by atoms with Crippen molar-refractivity contribution in [1.82, 2.24) is 4.90 Å². The van der Waals surface area contributed by atoms with Crippen molar-refractivity contribution in [3.8, 4) is 5.75 Å². The highest BCUT2D eigenvalue weighted by molar-refractivity contribution is 6.35. The second-order valence-corrected chi connectivity index (χ2v) is 5.11. The molecule has 0 spiro atoms. The topological polar surface area (TPSA) is 29.5 Å². The average Bonchev–Trinajstić information content (AvgIpc) is 2.23. The number of benzene rings is 1. The number of amides is 1. The molecule has 1 saturated heterocycles. The van der Waals surface area contributed by atoms with Crippen molar-refractivity contribution >= 4 is 29.1 Å². The van der Waals surface area contributed by atoms with Crippen LogP contribution in [0.1, 0.15) is 6.92 Å². The van der Waals surface area contributed by atoms with Gasteiger partial charge in [-0.15, -0.1) is 0 Å². The summed E-state index contributed by atoms with van der Waals surface area (Å²) in [5.41, 5.74) is 0. The second kappa shape index (κ2) is 5.15. The van der Waals surface area contributed by atoms with Gasteiger partial charge in [-0.05, 0) is 24.1 Å². The van der Waals surface area contributed by atoms with Gasteiger partial charge in [-0.25, -0.2) is 0 Å². The number of ether oxygens (including phenoxy) is 1. The van der Waals surface area contributed by atoms with E-state index in [4.69, 9.17) is 27.9 Å². The molecule has 1 aromatic carbocycles. The number of hydrogen-bond donors (Lipinski definition) is 0. The molecule has 3 nitrogen and oxygen atoms in total. The van der Waals surface area contributed by atoms with E-state index in [1.54, 1.807) is 23.1 Å². The number of carbonyl (C=O) groups is 1. The largest absolute Gasteiger partial charge is 0.482 e. The Hall–Kier alpha value is -0.930. The van der Waals surface area contributed by atoms with E-state index in [-0.39, 0.29) is 12.5 Å². The molecule has 92 valence electrons. The summed E-state index contributed by atoms with van der Waals surface area (Å²) in [6, 6.07) is 4.93. The Morgan fingerprint density at radius 1 is 1.47 bits per heavy atom. The molecule has 0 radical (unpaired) electrons. The number of rotatable bonds is 3. The summed E-state index contributed by atoms with van der Waals surface area (Å²) in [6.45, 7) is 3.77. The predicted molar refractivity (Wildman–Crippen MR) is 67.7 cm³/mol. The fourth-order valence-electron chi connectivity index (χ4n) is 1.73. The van der Waals surface area contributed by atoms with E-state index in [2.05, 4.69) is 6.92 Å². The van der Waals surface area contributed by atoms with Gasteiger partial charge < -0.3 is 9.64 Å². The molecule has 0 N–H and O–H groups in total. The van der Waals surface area contributed by atoms with Crippen LogP contribution in [0.15, 0.2) is 18.2 Å². The van der Waals surface area contributed by atoms with Crippen LogP contribution in [-0.2, 0) is 4.79 Å². The Morgan fingerprint density at radius 2 is 2.18 bits per heavy atom. The zero-order chi connectivity index (χ0) is 12.4. The SMILES string of the molecule is CC1CN(C(=O)COc2ccc(Cl)cc2Cl)C1. The second-order valence-electron chi connectivity index (χ2n) is 4.27. The summed E-state index contributed by atoms with van der Waals surface area (Å²) in [7, 11) is 0. The van der Waals surface area contributed by atoms with Crippen LogP contribution in [0, 0.1) is 5.92 Å². The van der Waals surface area contributed by atoms with Crippen LogP contribution in [0.3, 0.4) is 0 Å². The van der Waals surface area contributed by atoms with Crippen molar-refractivity contribution in [3.63, 3.8) is 0 Å². The number of carbonyl (C=O) groups excluding carboxylic acids is 1. The van der Waals surface area contributed by atoms with Crippen LogP contribution in [0.5, 0.6) is 5.75 Å². The van der Waals surface area contributed by atoms with Gasteiger partial charge in [0.1, 0.15) is 5.75 Å². The molecule has 0 bridgehead atoms. The zero-order valence-corrected chi connectivity index (χ0v) is 11.0. The van der Waals surface area contributed by atoms with Gasteiger partial charge in [0.2, 0.25) is 0 Å². The third kappa shape index (κ3) is 3.05. The van der Waals surface area contributed by atoms with Crippen molar-refractivity contribution < 1.29 is 9.53 Å². The predicted octanol–water partition coefficient (Wildman–Crippen LogP) is 2.85. The summed E-state index contributed by atoms with van der Waals surface area (Å²) in [5, 5.41) is 0.965. The monoisotopic (exact) mass is 273 g/mol. The molecule has 1 aromatic rings. The van der Waals surface area contributed by atoms with Crippen LogP contribution in [0.2, 0.25) is 10.0 Å². The zero-order valence-electron chi connectivity index (χ0n) is 9.45. The van der Waals surface area contributed by atoms with Crippen molar-refractivity contribution in [2.24, 2.45) is 5.92 Å². The molecule has 1 aliphatic heterocycles. The molecule has 0 aliphatic carbocycles. The lowest BCUT2D eigenvalue weighted by Gasteiger charge is -2.37. The molecule has 0 atom stereocenters. The first-order chi connectivity index (χ1) is 8.06. The Bertz CT molecular complexity index is 431. The minimum absolute atomic E-state index is 0.00545. The highest BCUT2D eigenvalue weighted by atomic mass is 35.5. The van der Waals surface area contributed by atoms with Gasteiger partial charge in [0.25, 0.3) is 5.91 Å². The number of halogens is 2. The first-order valence-electron chi connectivity index (χ1n) is 5.42. The highest BCUT2D eigenvalue weighted by Gasteiger charge is 2.27. The van der Waals surface area contributed by atoms with E-state index in [9.17, 15) is 4.79 Å².